The third-order valence-electron chi connectivity index (χ3n) is 3.47. The highest BCUT2D eigenvalue weighted by Gasteiger charge is 2.20. The molecule has 0 saturated heterocycles. The highest BCUT2D eigenvalue weighted by atomic mass is 32.1. The number of nitrogens with one attached hydrogen (secondary N) is 1. The number of thiazole rings is 1. The van der Waals surface area contributed by atoms with Gasteiger partial charge >= 0.3 is 0 Å². The minimum Gasteiger partial charge on any atom is -0.366 e. The molecule has 106 valence electrons. The van der Waals surface area contributed by atoms with Crippen LogP contribution in [-0.4, -0.2) is 18.1 Å². The van der Waals surface area contributed by atoms with Gasteiger partial charge in [-0.05, 0) is 30.5 Å². The van der Waals surface area contributed by atoms with Crippen molar-refractivity contribution in [2.75, 3.05) is 23.3 Å². The molecule has 3 rings (SSSR count). The monoisotopic (exact) mass is 291 g/mol. The number of aromatic nitrogens is 1. The summed E-state index contributed by atoms with van der Waals surface area (Å²) in [6, 6.07) is 5.08. The molecule has 2 aromatic rings. The van der Waals surface area contributed by atoms with Crippen LogP contribution in [0.15, 0.2) is 24.4 Å². The van der Waals surface area contributed by atoms with Gasteiger partial charge in [0.1, 0.15) is 5.82 Å². The fraction of sp³-hybridized carbons (Fsp3) is 0.400. The van der Waals surface area contributed by atoms with Crippen molar-refractivity contribution in [1.29, 1.82) is 0 Å². The molecule has 0 saturated carbocycles. The first-order chi connectivity index (χ1) is 9.76. The highest BCUT2D eigenvalue weighted by molar-refractivity contribution is 7.15. The number of halogens is 1. The van der Waals surface area contributed by atoms with E-state index in [0.29, 0.717) is 0 Å². The van der Waals surface area contributed by atoms with Crippen LogP contribution in [0, 0.1) is 5.82 Å². The summed E-state index contributed by atoms with van der Waals surface area (Å²) in [7, 11) is 0. The molecule has 1 aliphatic rings. The number of fused-ring (bicyclic) bond motifs is 1. The van der Waals surface area contributed by atoms with E-state index in [1.165, 1.54) is 10.4 Å². The lowest BCUT2D eigenvalue weighted by Crippen LogP contribution is -2.18. The number of anilines is 2. The Bertz CT molecular complexity index is 597. The standard InChI is InChI=1S/C15H18FN3S/c1-2-6-17-15-18-9-13(20-15)10-19-7-5-11-3-4-12(16)8-14(11)19/h3-4,8-9H,2,5-7,10H2,1H3,(H,17,18). The Morgan fingerprint density at radius 2 is 2.35 bits per heavy atom. The molecule has 1 aromatic heterocycles. The Hall–Kier alpha value is -1.62. The molecule has 0 fully saturated rings. The van der Waals surface area contributed by atoms with Crippen LogP contribution in [0.3, 0.4) is 0 Å². The molecule has 20 heavy (non-hydrogen) atoms. The first kappa shape index (κ1) is 13.4. The van der Waals surface area contributed by atoms with Gasteiger partial charge in [-0.15, -0.1) is 11.3 Å². The van der Waals surface area contributed by atoms with Gasteiger partial charge in [0.05, 0.1) is 6.54 Å². The maximum absolute atomic E-state index is 13.4. The molecule has 0 spiro atoms. The summed E-state index contributed by atoms with van der Waals surface area (Å²) >= 11 is 1.68. The lowest BCUT2D eigenvalue weighted by molar-refractivity contribution is 0.627. The zero-order valence-corrected chi connectivity index (χ0v) is 12.3. The molecule has 1 aromatic carbocycles. The van der Waals surface area contributed by atoms with Crippen LogP contribution in [0.1, 0.15) is 23.8 Å². The van der Waals surface area contributed by atoms with Crippen LogP contribution in [0.5, 0.6) is 0 Å². The normalized spacial score (nSPS) is 13.6. The first-order valence-corrected chi connectivity index (χ1v) is 7.80. The van der Waals surface area contributed by atoms with E-state index in [9.17, 15) is 4.39 Å². The second kappa shape index (κ2) is 5.79. The van der Waals surface area contributed by atoms with E-state index >= 15 is 0 Å². The smallest absolute Gasteiger partial charge is 0.182 e. The summed E-state index contributed by atoms with van der Waals surface area (Å²) < 4.78 is 13.4. The summed E-state index contributed by atoms with van der Waals surface area (Å²) in [5.41, 5.74) is 2.27. The van der Waals surface area contributed by atoms with Gasteiger partial charge < -0.3 is 10.2 Å². The van der Waals surface area contributed by atoms with Gasteiger partial charge in [-0.1, -0.05) is 13.0 Å². The summed E-state index contributed by atoms with van der Waals surface area (Å²) in [5, 5.41) is 4.27. The topological polar surface area (TPSA) is 28.2 Å². The van der Waals surface area contributed by atoms with Crippen molar-refractivity contribution >= 4 is 22.2 Å². The molecule has 2 heterocycles. The molecule has 1 aliphatic heterocycles. The zero-order chi connectivity index (χ0) is 13.9. The zero-order valence-electron chi connectivity index (χ0n) is 11.5. The van der Waals surface area contributed by atoms with Gasteiger partial charge in [-0.2, -0.15) is 0 Å². The fourth-order valence-electron chi connectivity index (χ4n) is 2.47. The van der Waals surface area contributed by atoms with Crippen LogP contribution >= 0.6 is 11.3 Å². The lowest BCUT2D eigenvalue weighted by Gasteiger charge is -2.18. The second-order valence-electron chi connectivity index (χ2n) is 5.00. The maximum Gasteiger partial charge on any atom is 0.182 e. The minimum absolute atomic E-state index is 0.162. The van der Waals surface area contributed by atoms with Gasteiger partial charge in [0.2, 0.25) is 0 Å². The summed E-state index contributed by atoms with van der Waals surface area (Å²) in [4.78, 5) is 7.82. The van der Waals surface area contributed by atoms with Gasteiger partial charge in [0.15, 0.2) is 5.13 Å². The average Bonchev–Trinajstić information content (AvgIpc) is 3.05. The van der Waals surface area contributed by atoms with Gasteiger partial charge in [-0.3, -0.25) is 0 Å². The molecular weight excluding hydrogens is 273 g/mol. The van der Waals surface area contributed by atoms with Crippen molar-refractivity contribution in [3.63, 3.8) is 0 Å². The van der Waals surface area contributed by atoms with Crippen molar-refractivity contribution in [2.24, 2.45) is 0 Å². The Morgan fingerprint density at radius 1 is 1.45 bits per heavy atom. The molecule has 5 heteroatoms. The lowest BCUT2D eigenvalue weighted by atomic mass is 10.2. The average molecular weight is 291 g/mol. The SMILES string of the molecule is CCCNc1ncc(CN2CCc3ccc(F)cc32)s1. The van der Waals surface area contributed by atoms with Crippen molar-refractivity contribution < 1.29 is 4.39 Å². The number of hydrogen-bond donors (Lipinski definition) is 1. The van der Waals surface area contributed by atoms with Crippen LogP contribution in [0.4, 0.5) is 15.2 Å². The Kier molecular flexibility index (Phi) is 3.87. The Labute approximate surface area is 122 Å². The van der Waals surface area contributed by atoms with E-state index in [1.807, 2.05) is 12.3 Å². The van der Waals surface area contributed by atoms with Crippen molar-refractivity contribution in [3.05, 3.63) is 40.7 Å². The summed E-state index contributed by atoms with van der Waals surface area (Å²) in [6.45, 7) is 4.85. The molecule has 0 bridgehead atoms. The molecule has 1 N–H and O–H groups in total. The van der Waals surface area contributed by atoms with E-state index in [0.717, 1.165) is 43.3 Å². The third-order valence-corrected chi connectivity index (χ3v) is 4.41. The van der Waals surface area contributed by atoms with Gasteiger partial charge in [0.25, 0.3) is 0 Å². The van der Waals surface area contributed by atoms with Crippen LogP contribution in [0.25, 0.3) is 0 Å². The van der Waals surface area contributed by atoms with E-state index in [2.05, 4.69) is 22.1 Å². The largest absolute Gasteiger partial charge is 0.366 e. The molecule has 3 nitrogen and oxygen atoms in total. The molecule has 0 aliphatic carbocycles. The van der Waals surface area contributed by atoms with E-state index in [4.69, 9.17) is 0 Å². The molecular formula is C15H18FN3S. The van der Waals surface area contributed by atoms with Gasteiger partial charge in [-0.25, -0.2) is 9.37 Å². The molecule has 0 atom stereocenters. The third kappa shape index (κ3) is 2.77. The number of rotatable bonds is 5. The minimum atomic E-state index is -0.162. The molecule has 0 radical (unpaired) electrons. The van der Waals surface area contributed by atoms with Gasteiger partial charge in [0, 0.05) is 29.9 Å². The summed E-state index contributed by atoms with van der Waals surface area (Å²) in [5.74, 6) is -0.162. The maximum atomic E-state index is 13.4. The number of hydrogen-bond acceptors (Lipinski definition) is 4. The Balaban J connectivity index is 1.70. The van der Waals surface area contributed by atoms with Crippen molar-refractivity contribution in [2.45, 2.75) is 26.3 Å². The van der Waals surface area contributed by atoms with Crippen molar-refractivity contribution in [3.8, 4) is 0 Å². The Morgan fingerprint density at radius 3 is 3.20 bits per heavy atom. The van der Waals surface area contributed by atoms with E-state index in [1.54, 1.807) is 23.5 Å². The second-order valence-corrected chi connectivity index (χ2v) is 6.12. The number of nitrogens with zero attached hydrogens (tertiary/aromatic N) is 2. The first-order valence-electron chi connectivity index (χ1n) is 6.98. The fourth-order valence-corrected chi connectivity index (χ4v) is 3.32. The van der Waals surface area contributed by atoms with Crippen molar-refractivity contribution in [1.82, 2.24) is 4.98 Å². The molecule has 0 amide bonds. The predicted octanol–water partition coefficient (Wildman–Crippen LogP) is 3.67. The highest BCUT2D eigenvalue weighted by Crippen LogP contribution is 2.31. The quantitative estimate of drug-likeness (QED) is 0.911. The summed E-state index contributed by atoms with van der Waals surface area (Å²) in [6.07, 6.45) is 4.00. The van der Waals surface area contributed by atoms with E-state index < -0.39 is 0 Å². The number of benzene rings is 1. The van der Waals surface area contributed by atoms with E-state index in [-0.39, 0.29) is 5.82 Å². The van der Waals surface area contributed by atoms with Crippen LogP contribution < -0.4 is 10.2 Å². The van der Waals surface area contributed by atoms with Crippen LogP contribution in [-0.2, 0) is 13.0 Å². The van der Waals surface area contributed by atoms with Crippen LogP contribution in [0.2, 0.25) is 0 Å². The predicted molar refractivity (Wildman–Crippen MR) is 82.0 cm³/mol. The molecule has 0 unspecified atom stereocenters.